The number of thioether (sulfide) groups is 1. The SMILES string of the molecule is CC(CSC(=O)[C@@H](N)Cc1ccccc1)C(=O)O.Cl. The topological polar surface area (TPSA) is 80.4 Å². The number of carboxylic acid groups (broad SMARTS) is 1. The van der Waals surface area contributed by atoms with E-state index in [9.17, 15) is 9.59 Å². The molecule has 0 saturated carbocycles. The van der Waals surface area contributed by atoms with Crippen LogP contribution in [0.25, 0.3) is 0 Å². The van der Waals surface area contributed by atoms with Crippen molar-refractivity contribution in [1.29, 1.82) is 0 Å². The second-order valence-electron chi connectivity index (χ2n) is 4.17. The van der Waals surface area contributed by atoms with Crippen molar-refractivity contribution in [2.24, 2.45) is 11.7 Å². The molecule has 0 fully saturated rings. The van der Waals surface area contributed by atoms with Gasteiger partial charge in [0.05, 0.1) is 12.0 Å². The molecule has 4 nitrogen and oxygen atoms in total. The number of carboxylic acids is 1. The maximum atomic E-state index is 11.7. The maximum absolute atomic E-state index is 11.7. The Hall–Kier alpha value is -1.04. The Morgan fingerprint density at radius 1 is 1.32 bits per heavy atom. The third-order valence-corrected chi connectivity index (χ3v) is 3.75. The minimum Gasteiger partial charge on any atom is -0.481 e. The van der Waals surface area contributed by atoms with Gasteiger partial charge in [0.15, 0.2) is 0 Å². The summed E-state index contributed by atoms with van der Waals surface area (Å²) >= 11 is 0.995. The van der Waals surface area contributed by atoms with Gasteiger partial charge < -0.3 is 10.8 Å². The summed E-state index contributed by atoms with van der Waals surface area (Å²) in [7, 11) is 0. The Balaban J connectivity index is 0.00000324. The Kier molecular flexibility index (Phi) is 8.47. The molecule has 19 heavy (non-hydrogen) atoms. The minimum absolute atomic E-state index is 0. The van der Waals surface area contributed by atoms with Crippen LogP contribution in [0.5, 0.6) is 0 Å². The number of hydrogen-bond acceptors (Lipinski definition) is 4. The normalized spacial score (nSPS) is 13.2. The van der Waals surface area contributed by atoms with E-state index < -0.39 is 17.9 Å². The lowest BCUT2D eigenvalue weighted by molar-refractivity contribution is -0.140. The summed E-state index contributed by atoms with van der Waals surface area (Å²) in [6, 6.07) is 8.94. The van der Waals surface area contributed by atoms with Crippen molar-refractivity contribution >= 4 is 35.3 Å². The molecule has 106 valence electrons. The predicted molar refractivity (Wildman–Crippen MR) is 79.6 cm³/mol. The minimum atomic E-state index is -0.896. The fourth-order valence-electron chi connectivity index (χ4n) is 1.34. The summed E-state index contributed by atoms with van der Waals surface area (Å²) in [5.74, 6) is -1.17. The third kappa shape index (κ3) is 6.61. The van der Waals surface area contributed by atoms with Gasteiger partial charge in [0.1, 0.15) is 0 Å². The quantitative estimate of drug-likeness (QED) is 0.839. The van der Waals surface area contributed by atoms with E-state index in [-0.39, 0.29) is 23.3 Å². The van der Waals surface area contributed by atoms with Crippen LogP contribution >= 0.6 is 24.2 Å². The number of carbonyl (C=O) groups is 2. The van der Waals surface area contributed by atoms with E-state index in [1.54, 1.807) is 6.92 Å². The first-order chi connectivity index (χ1) is 8.50. The van der Waals surface area contributed by atoms with Crippen molar-refractivity contribution in [2.45, 2.75) is 19.4 Å². The number of aliphatic carboxylic acids is 1. The van der Waals surface area contributed by atoms with Crippen LogP contribution in [0.2, 0.25) is 0 Å². The zero-order chi connectivity index (χ0) is 13.5. The first-order valence-electron chi connectivity index (χ1n) is 5.69. The van der Waals surface area contributed by atoms with E-state index >= 15 is 0 Å². The van der Waals surface area contributed by atoms with Crippen molar-refractivity contribution in [3.8, 4) is 0 Å². The highest BCUT2D eigenvalue weighted by molar-refractivity contribution is 8.13. The average Bonchev–Trinajstić information content (AvgIpc) is 2.36. The van der Waals surface area contributed by atoms with Crippen LogP contribution in [0, 0.1) is 5.92 Å². The van der Waals surface area contributed by atoms with Gasteiger partial charge in [0.25, 0.3) is 0 Å². The lowest BCUT2D eigenvalue weighted by Gasteiger charge is -2.11. The summed E-state index contributed by atoms with van der Waals surface area (Å²) in [6.45, 7) is 1.57. The van der Waals surface area contributed by atoms with Crippen molar-refractivity contribution in [3.05, 3.63) is 35.9 Å². The van der Waals surface area contributed by atoms with E-state index in [1.807, 2.05) is 30.3 Å². The van der Waals surface area contributed by atoms with Crippen LogP contribution in [-0.2, 0) is 16.0 Å². The van der Waals surface area contributed by atoms with Gasteiger partial charge in [-0.1, -0.05) is 49.0 Å². The van der Waals surface area contributed by atoms with Crippen LogP contribution in [0.4, 0.5) is 0 Å². The molecule has 0 amide bonds. The van der Waals surface area contributed by atoms with Crippen molar-refractivity contribution in [1.82, 2.24) is 0 Å². The molecule has 1 aromatic rings. The molecule has 0 heterocycles. The summed E-state index contributed by atoms with van der Waals surface area (Å²) < 4.78 is 0. The number of halogens is 1. The molecule has 6 heteroatoms. The largest absolute Gasteiger partial charge is 0.481 e. The lowest BCUT2D eigenvalue weighted by atomic mass is 10.1. The average molecular weight is 304 g/mol. The van der Waals surface area contributed by atoms with Crippen LogP contribution < -0.4 is 5.73 Å². The van der Waals surface area contributed by atoms with Gasteiger partial charge in [0, 0.05) is 5.75 Å². The molecule has 0 bridgehead atoms. The summed E-state index contributed by atoms with van der Waals surface area (Å²) in [6.07, 6.45) is 0.480. The molecule has 0 aliphatic rings. The number of benzene rings is 1. The zero-order valence-corrected chi connectivity index (χ0v) is 12.2. The van der Waals surface area contributed by atoms with E-state index in [1.165, 1.54) is 0 Å². The van der Waals surface area contributed by atoms with Crippen molar-refractivity contribution < 1.29 is 14.7 Å². The van der Waals surface area contributed by atoms with Crippen molar-refractivity contribution in [3.63, 3.8) is 0 Å². The first kappa shape index (κ1) is 18.0. The van der Waals surface area contributed by atoms with Gasteiger partial charge in [0.2, 0.25) is 5.12 Å². The molecule has 1 aromatic carbocycles. The van der Waals surface area contributed by atoms with Crippen LogP contribution in [0.3, 0.4) is 0 Å². The van der Waals surface area contributed by atoms with Crippen LogP contribution in [0.15, 0.2) is 30.3 Å². The van der Waals surface area contributed by atoms with Crippen LogP contribution in [-0.4, -0.2) is 28.0 Å². The summed E-state index contributed by atoms with van der Waals surface area (Å²) in [4.78, 5) is 22.3. The maximum Gasteiger partial charge on any atom is 0.307 e. The molecule has 0 aliphatic heterocycles. The molecule has 0 aliphatic carbocycles. The number of carbonyl (C=O) groups excluding carboxylic acids is 1. The molecule has 0 saturated heterocycles. The van der Waals surface area contributed by atoms with E-state index in [0.29, 0.717) is 6.42 Å². The second-order valence-corrected chi connectivity index (χ2v) is 5.19. The monoisotopic (exact) mass is 303 g/mol. The number of rotatable bonds is 6. The van der Waals surface area contributed by atoms with Crippen molar-refractivity contribution in [2.75, 3.05) is 5.75 Å². The van der Waals surface area contributed by atoms with Gasteiger partial charge in [-0.3, -0.25) is 9.59 Å². The Morgan fingerprint density at radius 3 is 2.42 bits per heavy atom. The third-order valence-electron chi connectivity index (χ3n) is 2.50. The molecule has 0 aromatic heterocycles. The van der Waals surface area contributed by atoms with E-state index in [0.717, 1.165) is 17.3 Å². The Bertz CT molecular complexity index is 414. The number of nitrogens with two attached hydrogens (primary N) is 1. The van der Waals surface area contributed by atoms with Gasteiger partial charge in [-0.05, 0) is 12.0 Å². The Morgan fingerprint density at radius 2 is 1.89 bits per heavy atom. The molecular weight excluding hydrogens is 286 g/mol. The highest BCUT2D eigenvalue weighted by atomic mass is 35.5. The van der Waals surface area contributed by atoms with Gasteiger partial charge in [-0.2, -0.15) is 0 Å². The van der Waals surface area contributed by atoms with E-state index in [2.05, 4.69) is 0 Å². The predicted octanol–water partition coefficient (Wildman–Crippen LogP) is 1.96. The highest BCUT2D eigenvalue weighted by Crippen LogP contribution is 2.13. The standard InChI is InChI=1S/C13H17NO3S.ClH/c1-9(12(15)16)8-18-13(17)11(14)7-10-5-3-2-4-6-10;/h2-6,9,11H,7-8,14H2,1H3,(H,15,16);1H/t9?,11-;/m0./s1. The smallest absolute Gasteiger partial charge is 0.307 e. The van der Waals surface area contributed by atoms with Gasteiger partial charge >= 0.3 is 5.97 Å². The van der Waals surface area contributed by atoms with Crippen LogP contribution in [0.1, 0.15) is 12.5 Å². The first-order valence-corrected chi connectivity index (χ1v) is 6.68. The van der Waals surface area contributed by atoms with E-state index in [4.69, 9.17) is 10.8 Å². The molecule has 1 unspecified atom stereocenters. The molecule has 3 N–H and O–H groups in total. The zero-order valence-electron chi connectivity index (χ0n) is 10.6. The lowest BCUT2D eigenvalue weighted by Crippen LogP contribution is -2.31. The summed E-state index contributed by atoms with van der Waals surface area (Å²) in [5, 5.41) is 8.55. The fraction of sp³-hybridized carbons (Fsp3) is 0.385. The second kappa shape index (κ2) is 8.96. The highest BCUT2D eigenvalue weighted by Gasteiger charge is 2.18. The Labute approximate surface area is 123 Å². The fourth-order valence-corrected chi connectivity index (χ4v) is 2.19. The number of hydrogen-bond donors (Lipinski definition) is 2. The van der Waals surface area contributed by atoms with Gasteiger partial charge in [-0.15, -0.1) is 12.4 Å². The molecule has 2 atom stereocenters. The molecular formula is C13H18ClNO3S. The molecule has 0 spiro atoms. The summed E-state index contributed by atoms with van der Waals surface area (Å²) in [5.41, 5.74) is 6.80. The molecule has 0 radical (unpaired) electrons. The molecule has 1 rings (SSSR count). The van der Waals surface area contributed by atoms with Gasteiger partial charge in [-0.25, -0.2) is 0 Å².